The number of piperazine rings is 1. The summed E-state index contributed by atoms with van der Waals surface area (Å²) in [6, 6.07) is 9.88. The van der Waals surface area contributed by atoms with Gasteiger partial charge in [0, 0.05) is 75.2 Å². The van der Waals surface area contributed by atoms with Crippen molar-refractivity contribution >= 4 is 65.7 Å². The van der Waals surface area contributed by atoms with Gasteiger partial charge in [0.05, 0.1) is 33.3 Å². The first-order valence-corrected chi connectivity index (χ1v) is 17.3. The van der Waals surface area contributed by atoms with Gasteiger partial charge in [0.2, 0.25) is 16.0 Å². The summed E-state index contributed by atoms with van der Waals surface area (Å²) >= 11 is 3.42. The molecule has 0 radical (unpaired) electrons. The molecule has 0 atom stereocenters. The van der Waals surface area contributed by atoms with Gasteiger partial charge in [-0.25, -0.2) is 26.2 Å². The Morgan fingerprint density at radius 2 is 1.73 bits per heavy atom. The van der Waals surface area contributed by atoms with E-state index in [1.165, 1.54) is 22.4 Å². The lowest BCUT2D eigenvalue weighted by Gasteiger charge is -2.43. The van der Waals surface area contributed by atoms with Crippen LogP contribution in [0.5, 0.6) is 0 Å². The highest BCUT2D eigenvalue weighted by molar-refractivity contribution is 9.10. The van der Waals surface area contributed by atoms with E-state index in [0.29, 0.717) is 40.6 Å². The number of likely N-dealkylation sites (N-methyl/N-ethyl adjacent to an activating group) is 1. The van der Waals surface area contributed by atoms with Crippen molar-refractivity contribution in [1.29, 1.82) is 0 Å². The van der Waals surface area contributed by atoms with Crippen molar-refractivity contribution in [2.45, 2.75) is 25.8 Å². The molecule has 2 fully saturated rings. The van der Waals surface area contributed by atoms with Gasteiger partial charge in [-0.05, 0) is 47.4 Å². The Morgan fingerprint density at radius 3 is 2.43 bits per heavy atom. The zero-order chi connectivity index (χ0) is 31.0. The van der Waals surface area contributed by atoms with Crippen molar-refractivity contribution in [3.8, 4) is 0 Å². The largest absolute Gasteiger partial charge is 0.369 e. The number of hydrogen-bond acceptors (Lipinski definition) is 9. The van der Waals surface area contributed by atoms with E-state index in [9.17, 15) is 8.42 Å². The lowest BCUT2D eigenvalue weighted by molar-refractivity contribution is 0.0878. The first-order valence-electron chi connectivity index (χ1n) is 14.7. The number of aromatic nitrogens is 3. The third-order valence-corrected chi connectivity index (χ3v) is 10.1. The molecular weight excluding hydrogens is 654 g/mol. The molecule has 4 aromatic rings. The van der Waals surface area contributed by atoms with Crippen molar-refractivity contribution in [3.05, 3.63) is 64.9 Å². The van der Waals surface area contributed by atoms with E-state index >= 15 is 8.78 Å². The molecule has 2 aliphatic rings. The maximum absolute atomic E-state index is 15.4. The minimum atomic E-state index is -3.56. The Kier molecular flexibility index (Phi) is 8.77. The van der Waals surface area contributed by atoms with Gasteiger partial charge >= 0.3 is 0 Å². The van der Waals surface area contributed by atoms with Crippen LogP contribution in [0.2, 0.25) is 0 Å². The van der Waals surface area contributed by atoms with Crippen LogP contribution in [0.25, 0.3) is 10.9 Å². The van der Waals surface area contributed by atoms with E-state index in [1.54, 1.807) is 18.2 Å². The number of rotatable bonds is 8. The monoisotopic (exact) mass is 688 g/mol. The first kappa shape index (κ1) is 30.7. The summed E-state index contributed by atoms with van der Waals surface area (Å²) < 4.78 is 57.0. The molecule has 4 heterocycles. The van der Waals surface area contributed by atoms with Crippen molar-refractivity contribution in [2.75, 3.05) is 67.6 Å². The Bertz CT molecular complexity index is 1770. The van der Waals surface area contributed by atoms with Gasteiger partial charge in [-0.15, -0.1) is 0 Å². The Balaban J connectivity index is 1.16. The molecular formula is C30H35BrF2N8O2S. The maximum atomic E-state index is 15.4. The quantitative estimate of drug-likeness (QED) is 0.253. The van der Waals surface area contributed by atoms with Gasteiger partial charge in [-0.2, -0.15) is 4.98 Å². The number of para-hydroxylation sites is 1. The zero-order valence-electron chi connectivity index (χ0n) is 24.6. The molecule has 0 aliphatic carbocycles. The predicted molar refractivity (Wildman–Crippen MR) is 174 cm³/mol. The Labute approximate surface area is 264 Å². The molecule has 10 nitrogen and oxygen atoms in total. The zero-order valence-corrected chi connectivity index (χ0v) is 27.0. The molecule has 0 amide bonds. The van der Waals surface area contributed by atoms with E-state index in [0.717, 1.165) is 63.3 Å². The van der Waals surface area contributed by atoms with Crippen LogP contribution in [0.15, 0.2) is 53.3 Å². The maximum Gasteiger partial charge on any atom is 0.236 e. The lowest BCUT2D eigenvalue weighted by Crippen LogP contribution is -2.53. The molecule has 0 unspecified atom stereocenters. The number of fused-ring (bicyclic) bond motifs is 1. The van der Waals surface area contributed by atoms with Crippen LogP contribution in [0.1, 0.15) is 19.8 Å². The second-order valence-corrected chi connectivity index (χ2v) is 13.9. The van der Waals surface area contributed by atoms with Gasteiger partial charge in [-0.3, -0.25) is 4.90 Å². The molecule has 6 rings (SSSR count). The second kappa shape index (κ2) is 12.6. The summed E-state index contributed by atoms with van der Waals surface area (Å²) in [6.45, 7) is 8.88. The standard InChI is InChI=1S/C30H35BrF2N8O2S/c1-3-38-13-15-39(16-14-38)21-8-10-40(11-9-21)27-18-23(32)26(17-24(27)33)36-30-34-19-22(31)29(37-30)35-25-6-4-5-20-7-12-41(28(20)25)44(2,42)43/h4-7,12,17-19,21H,3,8-11,13-16H2,1-2H3,(H2,34,35,36,37). The average molecular weight is 690 g/mol. The molecule has 0 spiro atoms. The average Bonchev–Trinajstić information content (AvgIpc) is 3.47. The molecule has 2 N–H and O–H groups in total. The molecule has 2 aliphatic heterocycles. The molecule has 2 saturated heterocycles. The van der Waals surface area contributed by atoms with Crippen molar-refractivity contribution in [3.63, 3.8) is 0 Å². The van der Waals surface area contributed by atoms with Crippen molar-refractivity contribution in [1.82, 2.24) is 23.7 Å². The highest BCUT2D eigenvalue weighted by atomic mass is 79.9. The summed E-state index contributed by atoms with van der Waals surface area (Å²) in [5.74, 6) is -0.785. The molecule has 14 heteroatoms. The van der Waals surface area contributed by atoms with E-state index in [4.69, 9.17) is 0 Å². The predicted octanol–water partition coefficient (Wildman–Crippen LogP) is 5.37. The van der Waals surface area contributed by atoms with Crippen LogP contribution in [0.4, 0.5) is 37.6 Å². The van der Waals surface area contributed by atoms with Crippen LogP contribution in [0, 0.1) is 11.6 Å². The Morgan fingerprint density at radius 1 is 0.977 bits per heavy atom. The number of anilines is 5. The summed E-state index contributed by atoms with van der Waals surface area (Å²) in [6.07, 6.45) is 5.92. The summed E-state index contributed by atoms with van der Waals surface area (Å²) in [5.41, 5.74) is 1.12. The van der Waals surface area contributed by atoms with Crippen LogP contribution in [-0.4, -0.2) is 90.3 Å². The number of halogens is 3. The molecule has 0 bridgehead atoms. The summed E-state index contributed by atoms with van der Waals surface area (Å²) in [7, 11) is -3.56. The number of hydrogen-bond donors (Lipinski definition) is 2. The molecule has 2 aromatic carbocycles. The van der Waals surface area contributed by atoms with Crippen molar-refractivity contribution in [2.24, 2.45) is 0 Å². The van der Waals surface area contributed by atoms with E-state index in [-0.39, 0.29) is 17.3 Å². The third kappa shape index (κ3) is 6.39. The fourth-order valence-electron chi connectivity index (χ4n) is 6.10. The minimum absolute atomic E-state index is 0.0383. The SMILES string of the molecule is CCN1CCN(C2CCN(c3cc(F)c(Nc4ncc(Br)c(Nc5cccc6ccn(S(C)(=O)=O)c56)n4)cc3F)CC2)CC1. The fraction of sp³-hybridized carbons (Fsp3) is 0.400. The van der Waals surface area contributed by atoms with E-state index < -0.39 is 21.7 Å². The molecule has 44 heavy (non-hydrogen) atoms. The molecule has 2 aromatic heterocycles. The van der Waals surface area contributed by atoms with E-state index in [1.807, 2.05) is 11.0 Å². The Hall–Kier alpha value is -3.33. The topological polar surface area (TPSA) is 98.6 Å². The highest BCUT2D eigenvalue weighted by Crippen LogP contribution is 2.33. The smallest absolute Gasteiger partial charge is 0.236 e. The van der Waals surface area contributed by atoms with Gasteiger partial charge in [0.25, 0.3) is 0 Å². The number of benzene rings is 2. The summed E-state index contributed by atoms with van der Waals surface area (Å²) in [5, 5.41) is 6.66. The second-order valence-electron chi connectivity index (χ2n) is 11.2. The number of nitrogens with one attached hydrogen (secondary N) is 2. The third-order valence-electron chi connectivity index (χ3n) is 8.49. The van der Waals surface area contributed by atoms with Gasteiger partial charge in [0.1, 0.15) is 17.5 Å². The lowest BCUT2D eigenvalue weighted by atomic mass is 10.0. The summed E-state index contributed by atoms with van der Waals surface area (Å²) in [4.78, 5) is 15.6. The van der Waals surface area contributed by atoms with Gasteiger partial charge in [0.15, 0.2) is 0 Å². The minimum Gasteiger partial charge on any atom is -0.369 e. The van der Waals surface area contributed by atoms with Gasteiger partial charge < -0.3 is 20.4 Å². The van der Waals surface area contributed by atoms with Crippen molar-refractivity contribution < 1.29 is 17.2 Å². The van der Waals surface area contributed by atoms with Gasteiger partial charge in [-0.1, -0.05) is 19.1 Å². The first-order chi connectivity index (χ1) is 21.1. The number of piperidine rings is 1. The highest BCUT2D eigenvalue weighted by Gasteiger charge is 2.28. The van der Waals surface area contributed by atoms with Crippen LogP contribution < -0.4 is 15.5 Å². The van der Waals surface area contributed by atoms with Crippen LogP contribution in [-0.2, 0) is 10.0 Å². The van der Waals surface area contributed by atoms with Crippen LogP contribution >= 0.6 is 15.9 Å². The fourth-order valence-corrected chi connectivity index (χ4v) is 7.20. The van der Waals surface area contributed by atoms with E-state index in [2.05, 4.69) is 53.3 Å². The normalized spacial score (nSPS) is 17.3. The number of nitrogens with zero attached hydrogens (tertiary/aromatic N) is 6. The molecule has 0 saturated carbocycles. The molecule has 234 valence electrons. The van der Waals surface area contributed by atoms with Crippen LogP contribution in [0.3, 0.4) is 0 Å².